The summed E-state index contributed by atoms with van der Waals surface area (Å²) in [6, 6.07) is 14.6. The van der Waals surface area contributed by atoms with Crippen molar-refractivity contribution in [2.24, 2.45) is 5.10 Å². The Bertz CT molecular complexity index is 1140. The number of fused-ring (bicyclic) bond motifs is 1. The van der Waals surface area contributed by atoms with E-state index in [-0.39, 0.29) is 10.6 Å². The van der Waals surface area contributed by atoms with Crippen LogP contribution in [0.2, 0.25) is 0 Å². The number of rotatable bonds is 5. The number of aromatic nitrogens is 4. The second-order valence-electron chi connectivity index (χ2n) is 5.50. The Kier molecular flexibility index (Phi) is 4.58. The summed E-state index contributed by atoms with van der Waals surface area (Å²) in [5, 5.41) is 23.9. The Morgan fingerprint density at radius 1 is 1.07 bits per heavy atom. The standard InChI is InChI=1S/C18H12N6O2S/c25-24(26)16-9-13(10-22-23-11-20-21-12-23)6-7-18(16)27-17-5-1-4-15-14(17)3-2-8-19-15/h1-12H/b22-10+. The third kappa shape index (κ3) is 3.67. The zero-order valence-corrected chi connectivity index (χ0v) is 14.7. The van der Waals surface area contributed by atoms with Crippen molar-refractivity contribution in [1.29, 1.82) is 0 Å². The minimum Gasteiger partial charge on any atom is -0.258 e. The average Bonchev–Trinajstić information content (AvgIpc) is 3.21. The van der Waals surface area contributed by atoms with E-state index in [0.717, 1.165) is 15.8 Å². The fraction of sp³-hybridized carbons (Fsp3) is 0. The lowest BCUT2D eigenvalue weighted by Crippen LogP contribution is -1.94. The van der Waals surface area contributed by atoms with E-state index < -0.39 is 0 Å². The monoisotopic (exact) mass is 376 g/mol. The molecule has 0 aliphatic heterocycles. The lowest BCUT2D eigenvalue weighted by atomic mass is 10.2. The van der Waals surface area contributed by atoms with Crippen LogP contribution in [0.25, 0.3) is 10.9 Å². The Labute approximate surface area is 157 Å². The number of hydrogen-bond donors (Lipinski definition) is 0. The fourth-order valence-corrected chi connectivity index (χ4v) is 3.55. The molecule has 27 heavy (non-hydrogen) atoms. The molecule has 4 aromatic rings. The van der Waals surface area contributed by atoms with Gasteiger partial charge in [0.1, 0.15) is 12.7 Å². The van der Waals surface area contributed by atoms with Gasteiger partial charge in [0.05, 0.1) is 21.6 Å². The average molecular weight is 376 g/mol. The molecule has 0 spiro atoms. The van der Waals surface area contributed by atoms with E-state index in [1.807, 2.05) is 30.3 Å². The van der Waals surface area contributed by atoms with E-state index in [2.05, 4.69) is 20.3 Å². The Morgan fingerprint density at radius 2 is 1.93 bits per heavy atom. The van der Waals surface area contributed by atoms with Crippen LogP contribution in [0.5, 0.6) is 0 Å². The summed E-state index contributed by atoms with van der Waals surface area (Å²) in [6.45, 7) is 0. The lowest BCUT2D eigenvalue weighted by Gasteiger charge is -2.07. The molecule has 2 heterocycles. The van der Waals surface area contributed by atoms with Gasteiger partial charge in [-0.05, 0) is 24.3 Å². The number of nitro groups is 1. The van der Waals surface area contributed by atoms with Gasteiger partial charge in [-0.1, -0.05) is 30.0 Å². The zero-order valence-electron chi connectivity index (χ0n) is 13.8. The molecule has 2 aromatic carbocycles. The van der Waals surface area contributed by atoms with E-state index >= 15 is 0 Å². The number of nitrogens with zero attached hydrogens (tertiary/aromatic N) is 6. The van der Waals surface area contributed by atoms with Crippen molar-refractivity contribution in [3.8, 4) is 0 Å². The predicted molar refractivity (Wildman–Crippen MR) is 102 cm³/mol. The molecule has 2 aromatic heterocycles. The summed E-state index contributed by atoms with van der Waals surface area (Å²) < 4.78 is 1.41. The van der Waals surface area contributed by atoms with E-state index in [4.69, 9.17) is 0 Å². The van der Waals surface area contributed by atoms with E-state index in [9.17, 15) is 10.1 Å². The van der Waals surface area contributed by atoms with Crippen LogP contribution in [0.3, 0.4) is 0 Å². The predicted octanol–water partition coefficient (Wildman–Crippen LogP) is 3.77. The highest BCUT2D eigenvalue weighted by molar-refractivity contribution is 7.99. The van der Waals surface area contributed by atoms with Crippen LogP contribution in [0.4, 0.5) is 5.69 Å². The van der Waals surface area contributed by atoms with Crippen LogP contribution < -0.4 is 0 Å². The molecule has 0 bridgehead atoms. The maximum Gasteiger partial charge on any atom is 0.283 e. The molecule has 0 unspecified atom stereocenters. The SMILES string of the molecule is O=[N+]([O-])c1cc(/C=N/n2cnnc2)ccc1Sc1cccc2ncccc12. The second kappa shape index (κ2) is 7.34. The minimum absolute atomic E-state index is 0.0219. The van der Waals surface area contributed by atoms with Gasteiger partial charge < -0.3 is 0 Å². The van der Waals surface area contributed by atoms with Crippen LogP contribution in [-0.4, -0.2) is 31.0 Å². The molecule has 0 aliphatic rings. The first-order chi connectivity index (χ1) is 13.2. The minimum atomic E-state index is -0.387. The highest BCUT2D eigenvalue weighted by atomic mass is 32.2. The van der Waals surface area contributed by atoms with Crippen molar-refractivity contribution in [3.63, 3.8) is 0 Å². The third-order valence-electron chi connectivity index (χ3n) is 3.75. The summed E-state index contributed by atoms with van der Waals surface area (Å²) in [7, 11) is 0. The largest absolute Gasteiger partial charge is 0.283 e. The molecule has 0 saturated carbocycles. The number of nitro benzene ring substituents is 1. The quantitative estimate of drug-likeness (QED) is 0.299. The van der Waals surface area contributed by atoms with Gasteiger partial charge in [-0.3, -0.25) is 15.1 Å². The molecule has 0 amide bonds. The smallest absolute Gasteiger partial charge is 0.258 e. The Balaban J connectivity index is 1.69. The van der Waals surface area contributed by atoms with Gasteiger partial charge in [0.15, 0.2) is 0 Å². The molecule has 0 aliphatic carbocycles. The van der Waals surface area contributed by atoms with Crippen molar-refractivity contribution in [1.82, 2.24) is 19.9 Å². The molecule has 0 N–H and O–H groups in total. The Morgan fingerprint density at radius 3 is 2.74 bits per heavy atom. The Hall–Kier alpha value is -3.59. The molecule has 0 radical (unpaired) electrons. The number of pyridine rings is 1. The summed E-state index contributed by atoms with van der Waals surface area (Å²) in [6.07, 6.45) is 6.11. The molecular formula is C18H12N6O2S. The lowest BCUT2D eigenvalue weighted by molar-refractivity contribution is -0.387. The first-order valence-electron chi connectivity index (χ1n) is 7.90. The van der Waals surface area contributed by atoms with Crippen molar-refractivity contribution in [2.75, 3.05) is 0 Å². The summed E-state index contributed by atoms with van der Waals surface area (Å²) in [5.41, 5.74) is 1.48. The maximum absolute atomic E-state index is 11.6. The third-order valence-corrected chi connectivity index (χ3v) is 4.89. The summed E-state index contributed by atoms with van der Waals surface area (Å²) in [5.74, 6) is 0. The zero-order chi connectivity index (χ0) is 18.6. The number of hydrogen-bond acceptors (Lipinski definition) is 7. The molecular weight excluding hydrogens is 364 g/mol. The van der Waals surface area contributed by atoms with E-state index in [1.54, 1.807) is 18.3 Å². The molecule has 4 rings (SSSR count). The molecule has 9 heteroatoms. The van der Waals surface area contributed by atoms with Gasteiger partial charge in [0.2, 0.25) is 0 Å². The van der Waals surface area contributed by atoms with Gasteiger partial charge in [-0.25, -0.2) is 4.68 Å². The van der Waals surface area contributed by atoms with Gasteiger partial charge >= 0.3 is 0 Å². The molecule has 132 valence electrons. The van der Waals surface area contributed by atoms with Crippen LogP contribution in [0.15, 0.2) is 82.3 Å². The van der Waals surface area contributed by atoms with Crippen LogP contribution in [-0.2, 0) is 0 Å². The van der Waals surface area contributed by atoms with E-state index in [1.165, 1.54) is 41.4 Å². The molecule has 0 fully saturated rings. The van der Waals surface area contributed by atoms with Crippen LogP contribution >= 0.6 is 11.8 Å². The maximum atomic E-state index is 11.6. The first-order valence-corrected chi connectivity index (χ1v) is 8.71. The fourth-order valence-electron chi connectivity index (χ4n) is 2.51. The van der Waals surface area contributed by atoms with Crippen molar-refractivity contribution < 1.29 is 4.92 Å². The topological polar surface area (TPSA) is 99.1 Å². The normalized spacial score (nSPS) is 11.3. The first kappa shape index (κ1) is 16.9. The second-order valence-corrected chi connectivity index (χ2v) is 6.58. The van der Waals surface area contributed by atoms with Crippen molar-refractivity contribution in [3.05, 3.63) is 83.1 Å². The summed E-state index contributed by atoms with van der Waals surface area (Å²) in [4.78, 5) is 17.0. The van der Waals surface area contributed by atoms with Gasteiger partial charge in [-0.15, -0.1) is 10.2 Å². The molecule has 0 saturated heterocycles. The molecule has 8 nitrogen and oxygen atoms in total. The number of benzene rings is 2. The summed E-state index contributed by atoms with van der Waals surface area (Å²) >= 11 is 1.35. The highest BCUT2D eigenvalue weighted by Gasteiger charge is 2.16. The van der Waals surface area contributed by atoms with Crippen LogP contribution in [0, 0.1) is 10.1 Å². The highest BCUT2D eigenvalue weighted by Crippen LogP contribution is 2.38. The van der Waals surface area contributed by atoms with E-state index in [0.29, 0.717) is 10.5 Å². The van der Waals surface area contributed by atoms with Gasteiger partial charge in [0, 0.05) is 28.1 Å². The van der Waals surface area contributed by atoms with Crippen molar-refractivity contribution in [2.45, 2.75) is 9.79 Å². The van der Waals surface area contributed by atoms with Gasteiger partial charge in [0.25, 0.3) is 5.69 Å². The van der Waals surface area contributed by atoms with Crippen LogP contribution in [0.1, 0.15) is 5.56 Å². The van der Waals surface area contributed by atoms with Gasteiger partial charge in [-0.2, -0.15) is 5.10 Å². The van der Waals surface area contributed by atoms with Crippen molar-refractivity contribution >= 4 is 34.6 Å². The molecule has 0 atom stereocenters.